The van der Waals surface area contributed by atoms with Gasteiger partial charge in [0.2, 0.25) is 0 Å². The zero-order valence-electron chi connectivity index (χ0n) is 11.2. The van der Waals surface area contributed by atoms with E-state index in [1.165, 1.54) is 24.1 Å². The summed E-state index contributed by atoms with van der Waals surface area (Å²) >= 11 is 0. The first-order valence-corrected chi connectivity index (χ1v) is 7.04. The van der Waals surface area contributed by atoms with Gasteiger partial charge >= 0.3 is 0 Å². The van der Waals surface area contributed by atoms with Crippen molar-refractivity contribution >= 4 is 16.7 Å². The molecule has 0 saturated carbocycles. The van der Waals surface area contributed by atoms with E-state index in [2.05, 4.69) is 28.3 Å². The molecular weight excluding hydrogens is 248 g/mol. The number of nitrogens with two attached hydrogens (primary N) is 1. The van der Waals surface area contributed by atoms with Gasteiger partial charge in [0, 0.05) is 22.8 Å². The molecule has 0 saturated heterocycles. The van der Waals surface area contributed by atoms with Crippen LogP contribution in [0.1, 0.15) is 24.1 Å². The van der Waals surface area contributed by atoms with E-state index in [9.17, 15) is 0 Å². The van der Waals surface area contributed by atoms with Crippen molar-refractivity contribution in [3.05, 3.63) is 47.8 Å². The van der Waals surface area contributed by atoms with Gasteiger partial charge in [-0.25, -0.2) is 4.68 Å². The van der Waals surface area contributed by atoms with Crippen molar-refractivity contribution < 1.29 is 0 Å². The maximum atomic E-state index is 6.07. The summed E-state index contributed by atoms with van der Waals surface area (Å²) in [4.78, 5) is 4.35. The summed E-state index contributed by atoms with van der Waals surface area (Å²) < 4.78 is 2.01. The van der Waals surface area contributed by atoms with Gasteiger partial charge in [0.05, 0.1) is 11.2 Å². The minimum absolute atomic E-state index is 0.686. The molecule has 0 unspecified atom stereocenters. The Labute approximate surface area is 117 Å². The molecule has 100 valence electrons. The summed E-state index contributed by atoms with van der Waals surface area (Å²) in [7, 11) is 0. The largest absolute Gasteiger partial charge is 0.382 e. The molecule has 4 nitrogen and oxygen atoms in total. The maximum Gasteiger partial charge on any atom is 0.149 e. The molecule has 4 heteroatoms. The molecule has 3 aromatic rings. The van der Waals surface area contributed by atoms with Crippen molar-refractivity contribution in [3.63, 3.8) is 0 Å². The number of hydrogen-bond acceptors (Lipinski definition) is 3. The van der Waals surface area contributed by atoms with E-state index in [0.717, 1.165) is 29.4 Å². The molecule has 1 aromatic carbocycles. The van der Waals surface area contributed by atoms with Crippen LogP contribution in [0.25, 0.3) is 16.6 Å². The minimum Gasteiger partial charge on any atom is -0.382 e. The number of pyridine rings is 1. The molecule has 4 rings (SSSR count). The fourth-order valence-electron chi connectivity index (χ4n) is 3.04. The molecule has 0 fully saturated rings. The normalized spacial score (nSPS) is 14.4. The molecule has 1 aliphatic rings. The van der Waals surface area contributed by atoms with Crippen molar-refractivity contribution in [2.45, 2.75) is 25.7 Å². The highest BCUT2D eigenvalue weighted by molar-refractivity contribution is 5.80. The molecule has 0 radical (unpaired) electrons. The third-order valence-corrected chi connectivity index (χ3v) is 4.04. The minimum atomic E-state index is 0.686. The van der Waals surface area contributed by atoms with Crippen LogP contribution < -0.4 is 5.73 Å². The lowest BCUT2D eigenvalue weighted by Gasteiger charge is -2.14. The molecule has 1 aliphatic carbocycles. The van der Waals surface area contributed by atoms with E-state index < -0.39 is 0 Å². The molecule has 2 aromatic heterocycles. The number of hydrogen-bond donors (Lipinski definition) is 1. The van der Waals surface area contributed by atoms with Crippen LogP contribution in [0, 0.1) is 0 Å². The molecule has 2 heterocycles. The first-order chi connectivity index (χ1) is 9.83. The van der Waals surface area contributed by atoms with Crippen LogP contribution in [0.2, 0.25) is 0 Å². The number of nitrogen functional groups attached to an aromatic ring is 1. The molecular formula is C16H16N4. The average molecular weight is 264 g/mol. The van der Waals surface area contributed by atoms with Crippen LogP contribution in [0.3, 0.4) is 0 Å². The first-order valence-electron chi connectivity index (χ1n) is 7.04. The van der Waals surface area contributed by atoms with Crippen LogP contribution >= 0.6 is 0 Å². The summed E-state index contributed by atoms with van der Waals surface area (Å²) in [6.45, 7) is 0. The SMILES string of the molecule is Nc1nn(-c2ccc3ncccc3c2)c2c1CCCC2. The Hall–Kier alpha value is -2.36. The van der Waals surface area contributed by atoms with Crippen molar-refractivity contribution in [1.82, 2.24) is 14.8 Å². The lowest BCUT2D eigenvalue weighted by Crippen LogP contribution is -2.07. The lowest BCUT2D eigenvalue weighted by molar-refractivity contribution is 0.653. The van der Waals surface area contributed by atoms with Crippen LogP contribution in [0.15, 0.2) is 36.5 Å². The van der Waals surface area contributed by atoms with Crippen molar-refractivity contribution in [2.24, 2.45) is 0 Å². The fourth-order valence-corrected chi connectivity index (χ4v) is 3.04. The van der Waals surface area contributed by atoms with Crippen molar-refractivity contribution in [1.29, 1.82) is 0 Å². The molecule has 0 spiro atoms. The van der Waals surface area contributed by atoms with E-state index in [-0.39, 0.29) is 0 Å². The summed E-state index contributed by atoms with van der Waals surface area (Å²) in [5.74, 6) is 0.686. The van der Waals surface area contributed by atoms with Gasteiger partial charge in [-0.15, -0.1) is 0 Å². The van der Waals surface area contributed by atoms with Gasteiger partial charge in [0.1, 0.15) is 5.82 Å². The van der Waals surface area contributed by atoms with Crippen LogP contribution in [-0.4, -0.2) is 14.8 Å². The Morgan fingerprint density at radius 1 is 1.10 bits per heavy atom. The highest BCUT2D eigenvalue weighted by Crippen LogP contribution is 2.28. The topological polar surface area (TPSA) is 56.7 Å². The average Bonchev–Trinajstić information content (AvgIpc) is 2.85. The van der Waals surface area contributed by atoms with Crippen molar-refractivity contribution in [2.75, 3.05) is 5.73 Å². The summed E-state index contributed by atoms with van der Waals surface area (Å²) in [6.07, 6.45) is 6.36. The third kappa shape index (κ3) is 1.68. The zero-order chi connectivity index (χ0) is 13.5. The lowest BCUT2D eigenvalue weighted by atomic mass is 9.97. The second kappa shape index (κ2) is 4.34. The monoisotopic (exact) mass is 264 g/mol. The third-order valence-electron chi connectivity index (χ3n) is 4.04. The number of fused-ring (bicyclic) bond motifs is 2. The molecule has 0 aliphatic heterocycles. The van der Waals surface area contributed by atoms with Gasteiger partial charge in [-0.2, -0.15) is 5.10 Å². The quantitative estimate of drug-likeness (QED) is 0.735. The Bertz CT molecular complexity index is 788. The van der Waals surface area contributed by atoms with E-state index >= 15 is 0 Å². The number of anilines is 1. The highest BCUT2D eigenvalue weighted by Gasteiger charge is 2.20. The second-order valence-electron chi connectivity index (χ2n) is 5.31. The summed E-state index contributed by atoms with van der Waals surface area (Å²) in [5.41, 5.74) is 10.7. The molecule has 0 bridgehead atoms. The van der Waals surface area contributed by atoms with Gasteiger partial charge < -0.3 is 5.73 Å². The van der Waals surface area contributed by atoms with E-state index in [1.807, 2.05) is 23.0 Å². The zero-order valence-corrected chi connectivity index (χ0v) is 11.2. The maximum absolute atomic E-state index is 6.07. The van der Waals surface area contributed by atoms with E-state index in [0.29, 0.717) is 5.82 Å². The fraction of sp³-hybridized carbons (Fsp3) is 0.250. The predicted molar refractivity (Wildman–Crippen MR) is 79.9 cm³/mol. The van der Waals surface area contributed by atoms with Gasteiger partial charge in [0.15, 0.2) is 0 Å². The first kappa shape index (κ1) is 11.5. The smallest absolute Gasteiger partial charge is 0.149 e. The van der Waals surface area contributed by atoms with Crippen LogP contribution in [0.5, 0.6) is 0 Å². The van der Waals surface area contributed by atoms with Crippen molar-refractivity contribution in [3.8, 4) is 5.69 Å². The summed E-state index contributed by atoms with van der Waals surface area (Å²) in [5, 5.41) is 5.67. The van der Waals surface area contributed by atoms with E-state index in [4.69, 9.17) is 5.73 Å². The standard InChI is InChI=1S/C16H16N4/c17-16-13-5-1-2-6-15(13)20(19-16)12-7-8-14-11(10-12)4-3-9-18-14/h3-4,7-10H,1-2,5-6H2,(H2,17,19). The molecule has 0 atom stereocenters. The van der Waals surface area contributed by atoms with Gasteiger partial charge in [0.25, 0.3) is 0 Å². The van der Waals surface area contributed by atoms with E-state index in [1.54, 1.807) is 0 Å². The second-order valence-corrected chi connectivity index (χ2v) is 5.31. The Kier molecular flexibility index (Phi) is 2.49. The molecule has 0 amide bonds. The Morgan fingerprint density at radius 2 is 2.00 bits per heavy atom. The number of rotatable bonds is 1. The molecule has 20 heavy (non-hydrogen) atoms. The number of benzene rings is 1. The van der Waals surface area contributed by atoms with Gasteiger partial charge in [-0.3, -0.25) is 4.98 Å². The number of aromatic nitrogens is 3. The van der Waals surface area contributed by atoms with Crippen LogP contribution in [0.4, 0.5) is 5.82 Å². The number of nitrogens with zero attached hydrogens (tertiary/aromatic N) is 3. The van der Waals surface area contributed by atoms with Gasteiger partial charge in [-0.1, -0.05) is 6.07 Å². The Balaban J connectivity index is 1.90. The summed E-state index contributed by atoms with van der Waals surface area (Å²) in [6, 6.07) is 10.3. The highest BCUT2D eigenvalue weighted by atomic mass is 15.3. The molecule has 2 N–H and O–H groups in total. The predicted octanol–water partition coefficient (Wildman–Crippen LogP) is 2.88. The Morgan fingerprint density at radius 3 is 2.95 bits per heavy atom. The van der Waals surface area contributed by atoms with Gasteiger partial charge in [-0.05, 0) is 49.9 Å². The van der Waals surface area contributed by atoms with Crippen LogP contribution in [-0.2, 0) is 12.8 Å².